The van der Waals surface area contributed by atoms with Gasteiger partial charge >= 0.3 is 5.69 Å². The van der Waals surface area contributed by atoms with Gasteiger partial charge in [0.1, 0.15) is 16.9 Å². The van der Waals surface area contributed by atoms with Gasteiger partial charge in [0.15, 0.2) is 0 Å². The van der Waals surface area contributed by atoms with E-state index in [1.54, 1.807) is 10.8 Å². The first-order valence-electron chi connectivity index (χ1n) is 10.9. The number of H-pyrrole nitrogens is 1. The maximum atomic E-state index is 13.0. The van der Waals surface area contributed by atoms with Crippen molar-refractivity contribution in [2.45, 2.75) is 51.9 Å². The van der Waals surface area contributed by atoms with Gasteiger partial charge in [-0.05, 0) is 48.0 Å². The van der Waals surface area contributed by atoms with Crippen molar-refractivity contribution in [3.8, 4) is 0 Å². The number of aromatic nitrogens is 3. The van der Waals surface area contributed by atoms with Gasteiger partial charge in [-0.2, -0.15) is 0 Å². The van der Waals surface area contributed by atoms with Gasteiger partial charge in [0.2, 0.25) is 0 Å². The van der Waals surface area contributed by atoms with Gasteiger partial charge in [-0.1, -0.05) is 20.8 Å². The molecule has 166 valence electrons. The molecule has 6 heterocycles. The number of piperidine rings is 2. The smallest absolute Gasteiger partial charge is 0.327 e. The molecule has 3 unspecified atom stereocenters. The molecule has 4 aliphatic rings. The number of hydrogen-bond donors (Lipinski definition) is 1. The predicted octanol–water partition coefficient (Wildman–Crippen LogP) is 2.36. The first kappa shape index (κ1) is 20.5. The highest BCUT2D eigenvalue weighted by Crippen LogP contribution is 2.37. The molecule has 0 aliphatic carbocycles. The highest BCUT2D eigenvalue weighted by atomic mass is 32.1. The van der Waals surface area contributed by atoms with E-state index in [4.69, 9.17) is 0 Å². The van der Waals surface area contributed by atoms with Crippen LogP contribution in [0.3, 0.4) is 0 Å². The van der Waals surface area contributed by atoms with Gasteiger partial charge in [-0.15, -0.1) is 0 Å². The average Bonchev–Trinajstić information content (AvgIpc) is 3.36. The molecule has 3 fully saturated rings. The SMILES string of the molecule is Cn1c2c([nH]c1=O)C=CC(N1CC3CCC1CN3C(=O)c1ccns1)N2CC(C)(C)C. The lowest BCUT2D eigenvalue weighted by Crippen LogP contribution is -2.68. The number of anilines is 1. The number of aromatic amines is 1. The molecule has 8 nitrogen and oxygen atoms in total. The van der Waals surface area contributed by atoms with Crippen LogP contribution in [-0.4, -0.2) is 67.5 Å². The number of nitrogens with zero attached hydrogens (tertiary/aromatic N) is 5. The third-order valence-electron chi connectivity index (χ3n) is 6.60. The summed E-state index contributed by atoms with van der Waals surface area (Å²) in [6, 6.07) is 2.33. The molecule has 0 radical (unpaired) electrons. The quantitative estimate of drug-likeness (QED) is 0.790. The van der Waals surface area contributed by atoms with Crippen LogP contribution in [-0.2, 0) is 7.05 Å². The number of nitrogens with one attached hydrogen (secondary N) is 1. The Kier molecular flexibility index (Phi) is 4.86. The fourth-order valence-electron chi connectivity index (χ4n) is 5.28. The first-order valence-corrected chi connectivity index (χ1v) is 11.7. The van der Waals surface area contributed by atoms with E-state index in [0.717, 1.165) is 48.9 Å². The molecule has 2 aromatic rings. The number of imidazole rings is 1. The summed E-state index contributed by atoms with van der Waals surface area (Å²) in [7, 11) is 1.83. The number of amides is 1. The van der Waals surface area contributed by atoms with Gasteiger partial charge in [0.05, 0.1) is 5.69 Å². The maximum absolute atomic E-state index is 13.0. The summed E-state index contributed by atoms with van der Waals surface area (Å²) in [5.41, 5.74) is 0.852. The van der Waals surface area contributed by atoms with Gasteiger partial charge < -0.3 is 14.8 Å². The van der Waals surface area contributed by atoms with Crippen molar-refractivity contribution >= 4 is 29.3 Å². The first-order chi connectivity index (χ1) is 14.7. The summed E-state index contributed by atoms with van der Waals surface area (Å²) < 4.78 is 5.82. The minimum absolute atomic E-state index is 0.0665. The second-order valence-corrected chi connectivity index (χ2v) is 10.9. The molecular formula is C22H30N6O2S. The summed E-state index contributed by atoms with van der Waals surface area (Å²) >= 11 is 1.27. The highest BCUT2D eigenvalue weighted by molar-refractivity contribution is 7.08. The Morgan fingerprint density at radius 2 is 2.03 bits per heavy atom. The fourth-order valence-corrected chi connectivity index (χ4v) is 5.83. The Bertz CT molecular complexity index is 1060. The normalized spacial score (nSPS) is 25.9. The van der Waals surface area contributed by atoms with Gasteiger partial charge in [-0.25, -0.2) is 9.17 Å². The van der Waals surface area contributed by atoms with Crippen LogP contribution < -0.4 is 10.6 Å². The van der Waals surface area contributed by atoms with Gasteiger partial charge in [0.25, 0.3) is 5.91 Å². The van der Waals surface area contributed by atoms with E-state index in [2.05, 4.69) is 50.9 Å². The van der Waals surface area contributed by atoms with Crippen LogP contribution in [0.5, 0.6) is 0 Å². The van der Waals surface area contributed by atoms with Crippen molar-refractivity contribution in [3.05, 3.63) is 39.4 Å². The third kappa shape index (κ3) is 3.53. The Morgan fingerprint density at radius 3 is 2.68 bits per heavy atom. The number of fused-ring (bicyclic) bond motifs is 4. The minimum Gasteiger partial charge on any atom is -0.336 e. The van der Waals surface area contributed by atoms with Crippen LogP contribution in [0.1, 0.15) is 49.0 Å². The molecule has 1 N–H and O–H groups in total. The van der Waals surface area contributed by atoms with Gasteiger partial charge in [0, 0.05) is 45.0 Å². The Hall–Kier alpha value is -2.39. The Labute approximate surface area is 186 Å². The fraction of sp³-hybridized carbons (Fsp3) is 0.591. The molecule has 1 amide bonds. The topological polar surface area (TPSA) is 77.5 Å². The monoisotopic (exact) mass is 442 g/mol. The lowest BCUT2D eigenvalue weighted by Gasteiger charge is -2.56. The van der Waals surface area contributed by atoms with Crippen molar-refractivity contribution in [3.63, 3.8) is 0 Å². The summed E-state index contributed by atoms with van der Waals surface area (Å²) in [6.45, 7) is 9.10. The standard InChI is InChI=1S/C22H30N6O2S/c1-22(2,3)13-28-18(8-7-16-19(28)25(4)21(30)24-16)26-11-15-6-5-14(26)12-27(15)20(29)17-9-10-23-31-17/h7-10,14-15,18H,5-6,11-13H2,1-4H3,(H,24,30). The van der Waals surface area contributed by atoms with Gasteiger partial charge in [-0.3, -0.25) is 14.3 Å². The van der Waals surface area contributed by atoms with E-state index in [1.807, 2.05) is 19.2 Å². The minimum atomic E-state index is -0.0873. The zero-order valence-corrected chi connectivity index (χ0v) is 19.4. The zero-order chi connectivity index (χ0) is 21.9. The van der Waals surface area contributed by atoms with Crippen LogP contribution in [0.4, 0.5) is 5.82 Å². The summed E-state index contributed by atoms with van der Waals surface area (Å²) in [6.07, 6.45) is 8.14. The summed E-state index contributed by atoms with van der Waals surface area (Å²) in [5.74, 6) is 1.06. The summed E-state index contributed by atoms with van der Waals surface area (Å²) in [4.78, 5) is 36.0. The van der Waals surface area contributed by atoms with E-state index < -0.39 is 0 Å². The molecule has 0 saturated carbocycles. The molecule has 31 heavy (non-hydrogen) atoms. The van der Waals surface area contributed by atoms with E-state index in [-0.39, 0.29) is 29.2 Å². The van der Waals surface area contributed by atoms with Crippen LogP contribution >= 0.6 is 11.5 Å². The third-order valence-corrected chi connectivity index (χ3v) is 7.33. The molecule has 6 rings (SSSR count). The van der Waals surface area contributed by atoms with Crippen molar-refractivity contribution in [1.82, 2.24) is 23.7 Å². The Balaban J connectivity index is 1.44. The number of rotatable bonds is 3. The maximum Gasteiger partial charge on any atom is 0.327 e. The molecule has 2 aromatic heterocycles. The lowest BCUT2D eigenvalue weighted by atomic mass is 9.89. The van der Waals surface area contributed by atoms with Crippen LogP contribution in [0.25, 0.3) is 6.08 Å². The summed E-state index contributed by atoms with van der Waals surface area (Å²) in [5, 5.41) is 0. The van der Waals surface area contributed by atoms with Crippen molar-refractivity contribution < 1.29 is 4.79 Å². The molecule has 0 aromatic carbocycles. The van der Waals surface area contributed by atoms with E-state index in [0.29, 0.717) is 6.04 Å². The second kappa shape index (κ2) is 7.34. The molecule has 4 aliphatic heterocycles. The number of piperazine rings is 1. The highest BCUT2D eigenvalue weighted by Gasteiger charge is 2.46. The number of hydrogen-bond acceptors (Lipinski definition) is 6. The van der Waals surface area contributed by atoms with Crippen molar-refractivity contribution in [2.24, 2.45) is 12.5 Å². The van der Waals surface area contributed by atoms with E-state index >= 15 is 0 Å². The van der Waals surface area contributed by atoms with Crippen molar-refractivity contribution in [1.29, 1.82) is 0 Å². The van der Waals surface area contributed by atoms with E-state index in [1.165, 1.54) is 11.5 Å². The van der Waals surface area contributed by atoms with Crippen molar-refractivity contribution in [2.75, 3.05) is 24.5 Å². The molecule has 0 spiro atoms. The molecule has 3 atom stereocenters. The van der Waals surface area contributed by atoms with Crippen LogP contribution in [0.15, 0.2) is 23.1 Å². The molecular weight excluding hydrogens is 412 g/mol. The van der Waals surface area contributed by atoms with E-state index in [9.17, 15) is 9.59 Å². The second-order valence-electron chi connectivity index (χ2n) is 10.1. The molecule has 9 heteroatoms. The Morgan fingerprint density at radius 1 is 1.26 bits per heavy atom. The van der Waals surface area contributed by atoms with Crippen LogP contribution in [0, 0.1) is 5.41 Å². The van der Waals surface area contributed by atoms with Crippen LogP contribution in [0.2, 0.25) is 0 Å². The number of carbonyl (C=O) groups is 1. The molecule has 3 saturated heterocycles. The zero-order valence-electron chi connectivity index (χ0n) is 18.5. The predicted molar refractivity (Wildman–Crippen MR) is 122 cm³/mol. The lowest BCUT2D eigenvalue weighted by molar-refractivity contribution is -0.0245. The largest absolute Gasteiger partial charge is 0.336 e. The average molecular weight is 443 g/mol. The number of carbonyl (C=O) groups excluding carboxylic acids is 1. The molecule has 2 bridgehead atoms.